The highest BCUT2D eigenvalue weighted by Crippen LogP contribution is 2.30. The monoisotopic (exact) mass is 945 g/mol. The number of aliphatic hydroxyl groups excluding tert-OH is 2. The van der Waals surface area contributed by atoms with Crippen molar-refractivity contribution in [3.8, 4) is 0 Å². The van der Waals surface area contributed by atoms with Crippen molar-refractivity contribution < 1.29 is 58.3 Å². The van der Waals surface area contributed by atoms with Gasteiger partial charge in [0, 0.05) is 37.0 Å². The fourth-order valence-corrected chi connectivity index (χ4v) is 6.97. The van der Waals surface area contributed by atoms with Crippen LogP contribution < -0.4 is 10.6 Å². The Balaban J connectivity index is 0. The number of esters is 3. The third kappa shape index (κ3) is 36.7. The van der Waals surface area contributed by atoms with E-state index in [1.165, 1.54) is 83.5 Å². The van der Waals surface area contributed by atoms with Crippen molar-refractivity contribution in [2.75, 3.05) is 74.2 Å². The molecular formula is C50H96N4O12. The lowest BCUT2D eigenvalue weighted by Crippen LogP contribution is -2.46. The average molecular weight is 945 g/mol. The lowest BCUT2D eigenvalue weighted by molar-refractivity contribution is -0.153. The van der Waals surface area contributed by atoms with Crippen LogP contribution >= 0.6 is 0 Å². The predicted molar refractivity (Wildman–Crippen MR) is 260 cm³/mol. The van der Waals surface area contributed by atoms with Gasteiger partial charge in [0.2, 0.25) is 11.8 Å². The fraction of sp³-hybridized carbons (Fsp3) is 0.880. The number of aliphatic carboxylic acids is 1. The number of carbonyl (C=O) groups excluding carboxylic acids is 5. The molecule has 0 aliphatic rings. The molecule has 2 amide bonds. The molecule has 1 unspecified atom stereocenters. The summed E-state index contributed by atoms with van der Waals surface area (Å²) in [7, 11) is 7.28. The lowest BCUT2D eigenvalue weighted by atomic mass is 9.77. The van der Waals surface area contributed by atoms with Crippen molar-refractivity contribution in [2.24, 2.45) is 16.7 Å². The summed E-state index contributed by atoms with van der Waals surface area (Å²) in [6, 6.07) is 0. The van der Waals surface area contributed by atoms with Gasteiger partial charge in [-0.2, -0.15) is 0 Å². The number of carboxylic acids is 1. The number of hydrogen-bond acceptors (Lipinski definition) is 13. The average Bonchev–Trinajstić information content (AvgIpc) is 3.25. The van der Waals surface area contributed by atoms with E-state index in [-0.39, 0.29) is 63.3 Å². The summed E-state index contributed by atoms with van der Waals surface area (Å²) in [4.78, 5) is 75.1. The minimum absolute atomic E-state index is 0.0364. The van der Waals surface area contributed by atoms with Crippen molar-refractivity contribution >= 4 is 35.7 Å². The number of carbonyl (C=O) groups is 6. The molecule has 5 N–H and O–H groups in total. The number of nitrogens with zero attached hydrogens (tertiary/aromatic N) is 2. The summed E-state index contributed by atoms with van der Waals surface area (Å²) in [5.41, 5.74) is -1.88. The molecule has 0 saturated heterocycles. The van der Waals surface area contributed by atoms with Crippen LogP contribution in [0.3, 0.4) is 0 Å². The topological polar surface area (TPSA) is 221 Å². The Morgan fingerprint density at radius 1 is 0.515 bits per heavy atom. The molecule has 0 bridgehead atoms. The molecule has 3 atom stereocenters. The van der Waals surface area contributed by atoms with E-state index < -0.39 is 46.7 Å². The van der Waals surface area contributed by atoms with E-state index in [9.17, 15) is 44.1 Å². The molecule has 66 heavy (non-hydrogen) atoms. The maximum atomic E-state index is 12.3. The van der Waals surface area contributed by atoms with Gasteiger partial charge in [0.05, 0.1) is 45.0 Å². The summed E-state index contributed by atoms with van der Waals surface area (Å²) in [5, 5.41) is 35.3. The number of hydrogen-bond donors (Lipinski definition) is 5. The molecule has 0 aliphatic carbocycles. The fourth-order valence-electron chi connectivity index (χ4n) is 6.97. The standard InChI is InChI=1S/2C25H48N2O6/c1-6-7-8-9-10-11-12-13-14-19-32-21(28)15-17-26-24(31)23(30)25(2,3)20-33-22(29)16-18-27(4)5;1-6-7-8-9-10-11-12-13-14-17-33-21(28)15-16-26-23(30)22(29)25(2,3)18-20(24(31)32)19-27(4)5/h23,30H,6-20H2,1-5H3,(H,26,31);20,22,29H,6-19H2,1-5H3,(H,26,30)(H,31,32)/t23-;20-,22?/m01/s1. The highest BCUT2D eigenvalue weighted by Gasteiger charge is 2.38. The van der Waals surface area contributed by atoms with Crippen LogP contribution in [0.1, 0.15) is 183 Å². The number of ether oxygens (including phenoxy) is 3. The highest BCUT2D eigenvalue weighted by atomic mass is 16.5. The first-order valence-corrected chi connectivity index (χ1v) is 25.0. The van der Waals surface area contributed by atoms with Gasteiger partial charge in [-0.05, 0) is 47.5 Å². The Bertz CT molecular complexity index is 1310. The molecule has 0 fully saturated rings. The van der Waals surface area contributed by atoms with Gasteiger partial charge in [0.25, 0.3) is 0 Å². The minimum Gasteiger partial charge on any atom is -0.481 e. The highest BCUT2D eigenvalue weighted by molar-refractivity contribution is 5.82. The Kier molecular flexibility index (Phi) is 38.9. The van der Waals surface area contributed by atoms with Crippen LogP contribution in [0, 0.1) is 16.7 Å². The number of unbranched alkanes of at least 4 members (excludes halogenated alkanes) is 16. The van der Waals surface area contributed by atoms with Crippen LogP contribution in [-0.4, -0.2) is 147 Å². The second-order valence-corrected chi connectivity index (χ2v) is 19.7. The first kappa shape index (κ1) is 64.7. The molecule has 0 aromatic carbocycles. The van der Waals surface area contributed by atoms with Gasteiger partial charge >= 0.3 is 23.9 Å². The SMILES string of the molecule is CCCCCCCCCCCOC(=O)CCNC(=O)C(O)C(C)(C)C[C@H](CN(C)C)C(=O)O.CCCCCCCCCCCOC(=O)CCNC(=O)[C@H](O)C(C)(C)COC(=O)CCN(C)C. The first-order valence-electron chi connectivity index (χ1n) is 25.0. The maximum absolute atomic E-state index is 12.3. The molecule has 0 aromatic rings. The summed E-state index contributed by atoms with van der Waals surface area (Å²) < 4.78 is 15.6. The normalized spacial score (nSPS) is 13.0. The molecule has 16 heteroatoms. The van der Waals surface area contributed by atoms with Crippen LogP contribution in [0.25, 0.3) is 0 Å². The third-order valence-electron chi connectivity index (χ3n) is 11.3. The Morgan fingerprint density at radius 3 is 1.24 bits per heavy atom. The van der Waals surface area contributed by atoms with Gasteiger partial charge in [-0.3, -0.25) is 28.8 Å². The molecule has 0 saturated carbocycles. The zero-order valence-corrected chi connectivity index (χ0v) is 43.1. The quantitative estimate of drug-likeness (QED) is 0.0236. The molecule has 16 nitrogen and oxygen atoms in total. The molecule has 0 rings (SSSR count). The predicted octanol–water partition coefficient (Wildman–Crippen LogP) is 7.06. The summed E-state index contributed by atoms with van der Waals surface area (Å²) in [5.74, 6) is -3.98. The summed E-state index contributed by atoms with van der Waals surface area (Å²) >= 11 is 0. The van der Waals surface area contributed by atoms with E-state index in [0.29, 0.717) is 26.3 Å². The third-order valence-corrected chi connectivity index (χ3v) is 11.3. The van der Waals surface area contributed by atoms with Crippen molar-refractivity contribution in [3.05, 3.63) is 0 Å². The summed E-state index contributed by atoms with van der Waals surface area (Å²) in [6.07, 6.45) is 19.3. The number of carboxylic acid groups (broad SMARTS) is 1. The summed E-state index contributed by atoms with van der Waals surface area (Å²) in [6.45, 7) is 12.8. The zero-order valence-electron chi connectivity index (χ0n) is 43.1. The van der Waals surface area contributed by atoms with Gasteiger partial charge in [-0.15, -0.1) is 0 Å². The van der Waals surface area contributed by atoms with E-state index in [4.69, 9.17) is 14.2 Å². The second-order valence-electron chi connectivity index (χ2n) is 19.7. The smallest absolute Gasteiger partial charge is 0.307 e. The van der Waals surface area contributed by atoms with Gasteiger partial charge in [0.1, 0.15) is 12.2 Å². The number of nitrogens with one attached hydrogen (secondary N) is 2. The molecule has 388 valence electrons. The van der Waals surface area contributed by atoms with Gasteiger partial charge in [0.15, 0.2) is 0 Å². The molecule has 0 radical (unpaired) electrons. The minimum atomic E-state index is -1.38. The largest absolute Gasteiger partial charge is 0.481 e. The van der Waals surface area contributed by atoms with E-state index >= 15 is 0 Å². The Labute approximate surface area is 399 Å². The molecule has 0 aliphatic heterocycles. The first-order chi connectivity index (χ1) is 31.1. The van der Waals surface area contributed by atoms with E-state index in [1.807, 2.05) is 19.0 Å². The van der Waals surface area contributed by atoms with Crippen LogP contribution in [0.15, 0.2) is 0 Å². The van der Waals surface area contributed by atoms with E-state index in [2.05, 4.69) is 24.5 Å². The van der Waals surface area contributed by atoms with Crippen molar-refractivity contribution in [1.82, 2.24) is 20.4 Å². The molecule has 0 aromatic heterocycles. The number of rotatable bonds is 40. The van der Waals surface area contributed by atoms with Gasteiger partial charge in [-0.1, -0.05) is 144 Å². The molecule has 0 heterocycles. The number of aliphatic hydroxyl groups is 2. The Hall–Kier alpha value is -3.34. The second kappa shape index (κ2) is 39.6. The maximum Gasteiger partial charge on any atom is 0.307 e. The van der Waals surface area contributed by atoms with Gasteiger partial charge in [-0.25, -0.2) is 0 Å². The van der Waals surface area contributed by atoms with Crippen LogP contribution in [0.2, 0.25) is 0 Å². The number of amides is 2. The lowest BCUT2D eigenvalue weighted by Gasteiger charge is -2.32. The van der Waals surface area contributed by atoms with Crippen LogP contribution in [0.4, 0.5) is 0 Å². The molecule has 0 spiro atoms. The van der Waals surface area contributed by atoms with E-state index in [0.717, 1.165) is 32.1 Å². The van der Waals surface area contributed by atoms with E-state index in [1.54, 1.807) is 46.7 Å². The molecular weight excluding hydrogens is 849 g/mol. The van der Waals surface area contributed by atoms with Crippen molar-refractivity contribution in [1.29, 1.82) is 0 Å². The van der Waals surface area contributed by atoms with Crippen LogP contribution in [-0.2, 0) is 43.0 Å². The Morgan fingerprint density at radius 2 is 0.879 bits per heavy atom. The van der Waals surface area contributed by atoms with Crippen molar-refractivity contribution in [2.45, 2.75) is 195 Å². The van der Waals surface area contributed by atoms with Gasteiger partial charge < -0.3 is 50.0 Å². The zero-order chi connectivity index (χ0) is 50.4. The van der Waals surface area contributed by atoms with Crippen molar-refractivity contribution in [3.63, 3.8) is 0 Å². The van der Waals surface area contributed by atoms with Crippen LogP contribution in [0.5, 0.6) is 0 Å².